The number of nitrogens with zero attached hydrogens (tertiary/aromatic N) is 3. The van der Waals surface area contributed by atoms with Gasteiger partial charge in [0.2, 0.25) is 11.7 Å². The second-order valence-electron chi connectivity index (χ2n) is 4.63. The second kappa shape index (κ2) is 4.82. The van der Waals surface area contributed by atoms with E-state index in [9.17, 15) is 0 Å². The van der Waals surface area contributed by atoms with Gasteiger partial charge in [0.15, 0.2) is 5.76 Å². The van der Waals surface area contributed by atoms with Gasteiger partial charge in [0.1, 0.15) is 0 Å². The third-order valence-electron chi connectivity index (χ3n) is 3.02. The number of hydrogen-bond acceptors (Lipinski definition) is 7. The van der Waals surface area contributed by atoms with Crippen molar-refractivity contribution in [2.24, 2.45) is 0 Å². The first kappa shape index (κ1) is 11.8. The number of aromatic nitrogens is 3. The van der Waals surface area contributed by atoms with Gasteiger partial charge in [-0.1, -0.05) is 16.9 Å². The van der Waals surface area contributed by atoms with Crippen molar-refractivity contribution in [1.82, 2.24) is 15.4 Å². The SMILES string of the molecule is c1coc(-c2cc(CSc3nnc(C4CC4)o3)no2)c1. The minimum Gasteiger partial charge on any atom is -0.461 e. The van der Waals surface area contributed by atoms with Gasteiger partial charge in [-0.25, -0.2) is 0 Å². The van der Waals surface area contributed by atoms with Gasteiger partial charge in [-0.15, -0.1) is 10.2 Å². The topological polar surface area (TPSA) is 78.1 Å². The van der Waals surface area contributed by atoms with Crippen molar-refractivity contribution in [3.63, 3.8) is 0 Å². The Morgan fingerprint density at radius 2 is 2.20 bits per heavy atom. The summed E-state index contributed by atoms with van der Waals surface area (Å²) in [5.74, 6) is 3.15. The van der Waals surface area contributed by atoms with Crippen LogP contribution in [0.5, 0.6) is 0 Å². The molecule has 3 aromatic rings. The number of rotatable bonds is 5. The standard InChI is InChI=1S/C13H11N3O3S/c1-2-10(17-5-1)11-6-9(16-19-11)7-20-13-15-14-12(18-13)8-3-4-8/h1-2,5-6,8H,3-4,7H2. The molecule has 0 spiro atoms. The molecule has 6 nitrogen and oxygen atoms in total. The molecule has 0 amide bonds. The van der Waals surface area contributed by atoms with E-state index in [1.165, 1.54) is 11.8 Å². The summed E-state index contributed by atoms with van der Waals surface area (Å²) in [5.41, 5.74) is 0.813. The first-order valence-electron chi connectivity index (χ1n) is 6.34. The summed E-state index contributed by atoms with van der Waals surface area (Å²) < 4.78 is 16.1. The Balaban J connectivity index is 1.41. The molecule has 0 bridgehead atoms. The van der Waals surface area contributed by atoms with Crippen molar-refractivity contribution in [1.29, 1.82) is 0 Å². The molecule has 0 atom stereocenters. The lowest BCUT2D eigenvalue weighted by atomic mass is 10.3. The highest BCUT2D eigenvalue weighted by atomic mass is 32.2. The average molecular weight is 289 g/mol. The third-order valence-corrected chi connectivity index (χ3v) is 3.87. The van der Waals surface area contributed by atoms with Gasteiger partial charge in [-0.3, -0.25) is 0 Å². The summed E-state index contributed by atoms with van der Waals surface area (Å²) in [6.07, 6.45) is 3.91. The molecule has 102 valence electrons. The second-order valence-corrected chi connectivity index (χ2v) is 5.56. The lowest BCUT2D eigenvalue weighted by Gasteiger charge is -1.90. The van der Waals surface area contributed by atoms with Crippen LogP contribution >= 0.6 is 11.8 Å². The van der Waals surface area contributed by atoms with Crippen LogP contribution in [0.2, 0.25) is 0 Å². The monoisotopic (exact) mass is 289 g/mol. The Morgan fingerprint density at radius 1 is 1.25 bits per heavy atom. The minimum absolute atomic E-state index is 0.481. The molecule has 1 saturated carbocycles. The van der Waals surface area contributed by atoms with Crippen molar-refractivity contribution in [3.05, 3.63) is 36.0 Å². The van der Waals surface area contributed by atoms with Crippen LogP contribution in [0.15, 0.2) is 43.0 Å². The maximum atomic E-state index is 5.57. The summed E-state index contributed by atoms with van der Waals surface area (Å²) >= 11 is 1.46. The van der Waals surface area contributed by atoms with Crippen molar-refractivity contribution >= 4 is 11.8 Å². The van der Waals surface area contributed by atoms with Crippen molar-refractivity contribution in [2.75, 3.05) is 0 Å². The molecule has 0 unspecified atom stereocenters. The molecule has 3 aromatic heterocycles. The molecule has 0 saturated heterocycles. The predicted molar refractivity (Wildman–Crippen MR) is 70.0 cm³/mol. The molecule has 1 aliphatic carbocycles. The van der Waals surface area contributed by atoms with Crippen LogP contribution in [-0.2, 0) is 5.75 Å². The third kappa shape index (κ3) is 2.36. The van der Waals surface area contributed by atoms with E-state index in [0.717, 1.165) is 24.4 Å². The fraction of sp³-hybridized carbons (Fsp3) is 0.308. The Bertz CT molecular complexity index is 700. The number of furan rings is 1. The average Bonchev–Trinajstić information content (AvgIpc) is 2.93. The van der Waals surface area contributed by atoms with Crippen LogP contribution in [0.25, 0.3) is 11.5 Å². The zero-order valence-corrected chi connectivity index (χ0v) is 11.3. The molecule has 4 rings (SSSR count). The van der Waals surface area contributed by atoms with Crippen molar-refractivity contribution < 1.29 is 13.4 Å². The minimum atomic E-state index is 0.481. The van der Waals surface area contributed by atoms with Crippen LogP contribution in [0.3, 0.4) is 0 Å². The van der Waals surface area contributed by atoms with Crippen molar-refractivity contribution in [3.8, 4) is 11.5 Å². The molecule has 0 aliphatic heterocycles. The lowest BCUT2D eigenvalue weighted by Crippen LogP contribution is -1.79. The first-order valence-corrected chi connectivity index (χ1v) is 7.33. The molecule has 0 N–H and O–H groups in total. The Labute approximate surface area is 118 Å². The van der Waals surface area contributed by atoms with Gasteiger partial charge in [0, 0.05) is 17.7 Å². The Morgan fingerprint density at radius 3 is 3.00 bits per heavy atom. The highest BCUT2D eigenvalue weighted by molar-refractivity contribution is 7.98. The molecular weight excluding hydrogens is 278 g/mol. The molecule has 1 aliphatic rings. The summed E-state index contributed by atoms with van der Waals surface area (Å²) in [4.78, 5) is 0. The maximum absolute atomic E-state index is 5.57. The number of hydrogen-bond donors (Lipinski definition) is 0. The summed E-state index contributed by atoms with van der Waals surface area (Å²) in [7, 11) is 0. The van der Waals surface area contributed by atoms with E-state index in [1.807, 2.05) is 18.2 Å². The van der Waals surface area contributed by atoms with Gasteiger partial charge < -0.3 is 13.4 Å². The zero-order chi connectivity index (χ0) is 13.4. The molecular formula is C13H11N3O3S. The van der Waals surface area contributed by atoms with E-state index in [1.54, 1.807) is 6.26 Å². The van der Waals surface area contributed by atoms with Gasteiger partial charge >= 0.3 is 0 Å². The van der Waals surface area contributed by atoms with Crippen molar-refractivity contribution in [2.45, 2.75) is 29.7 Å². The van der Waals surface area contributed by atoms with E-state index in [0.29, 0.717) is 28.4 Å². The van der Waals surface area contributed by atoms with Crippen LogP contribution < -0.4 is 0 Å². The molecule has 3 heterocycles. The van der Waals surface area contributed by atoms with Gasteiger partial charge in [-0.2, -0.15) is 0 Å². The predicted octanol–water partition coefficient (Wildman–Crippen LogP) is 3.49. The first-order chi connectivity index (χ1) is 9.88. The van der Waals surface area contributed by atoms with Crippen LogP contribution in [-0.4, -0.2) is 15.4 Å². The van der Waals surface area contributed by atoms with E-state index < -0.39 is 0 Å². The molecule has 0 radical (unpaired) electrons. The normalized spacial score (nSPS) is 14.8. The lowest BCUT2D eigenvalue weighted by molar-refractivity contribution is 0.410. The molecule has 0 aromatic carbocycles. The van der Waals surface area contributed by atoms with Crippen LogP contribution in [0, 0.1) is 0 Å². The summed E-state index contributed by atoms with van der Waals surface area (Å²) in [6, 6.07) is 5.49. The Kier molecular flexibility index (Phi) is 2.84. The number of thioether (sulfide) groups is 1. The van der Waals surface area contributed by atoms with Gasteiger partial charge in [0.05, 0.1) is 12.0 Å². The highest BCUT2D eigenvalue weighted by Crippen LogP contribution is 2.40. The van der Waals surface area contributed by atoms with E-state index in [-0.39, 0.29) is 0 Å². The zero-order valence-electron chi connectivity index (χ0n) is 10.5. The maximum Gasteiger partial charge on any atom is 0.276 e. The summed E-state index contributed by atoms with van der Waals surface area (Å²) in [5, 5.41) is 12.6. The van der Waals surface area contributed by atoms with E-state index >= 15 is 0 Å². The van der Waals surface area contributed by atoms with Gasteiger partial charge in [-0.05, 0) is 25.0 Å². The molecule has 7 heteroatoms. The van der Waals surface area contributed by atoms with Crippen LogP contribution in [0.4, 0.5) is 0 Å². The van der Waals surface area contributed by atoms with E-state index in [2.05, 4.69) is 15.4 Å². The summed E-state index contributed by atoms with van der Waals surface area (Å²) in [6.45, 7) is 0. The fourth-order valence-corrected chi connectivity index (χ4v) is 2.47. The van der Waals surface area contributed by atoms with Crippen LogP contribution in [0.1, 0.15) is 30.3 Å². The quantitative estimate of drug-likeness (QED) is 0.665. The smallest absolute Gasteiger partial charge is 0.276 e. The van der Waals surface area contributed by atoms with Gasteiger partial charge in [0.25, 0.3) is 5.22 Å². The molecule has 20 heavy (non-hydrogen) atoms. The Hall–Kier alpha value is -2.02. The molecule has 1 fully saturated rings. The fourth-order valence-electron chi connectivity index (χ4n) is 1.82. The van der Waals surface area contributed by atoms with E-state index in [4.69, 9.17) is 13.4 Å². The largest absolute Gasteiger partial charge is 0.461 e. The highest BCUT2D eigenvalue weighted by Gasteiger charge is 2.29.